The van der Waals surface area contributed by atoms with E-state index in [0.29, 0.717) is 18.2 Å². The normalized spacial score (nSPS) is 31.6. The molecule has 40 heavy (non-hydrogen) atoms. The minimum Gasteiger partial charge on any atom is -0.476 e. The number of carbonyl (C=O) groups is 1. The second-order valence-electron chi connectivity index (χ2n) is 9.37. The van der Waals surface area contributed by atoms with Gasteiger partial charge >= 0.3 is 14.0 Å². The van der Waals surface area contributed by atoms with E-state index in [0.717, 1.165) is 6.07 Å². The lowest BCUT2D eigenvalue weighted by molar-refractivity contribution is -0.0926. The molecular formula is C23H24F2N5O9P. The second kappa shape index (κ2) is 9.89. The first-order valence-corrected chi connectivity index (χ1v) is 13.8. The number of aromatic nitrogens is 4. The molecular weight excluding hydrogens is 559 g/mol. The van der Waals surface area contributed by atoms with Crippen molar-refractivity contribution in [2.24, 2.45) is 0 Å². The highest BCUT2D eigenvalue weighted by Gasteiger charge is 2.64. The number of hydrogen-bond acceptors (Lipinski definition) is 13. The van der Waals surface area contributed by atoms with Crippen LogP contribution in [0, 0.1) is 11.6 Å². The van der Waals surface area contributed by atoms with Gasteiger partial charge in [-0.15, -0.1) is 0 Å². The standard InChI is InChI=1S/C23H24F2N5O9P/c1-3-33-19-16-18(28-21(26)29-19)30(10-27-16)20-23(2)17(37-22(31)38-23)15(36-20)9-35-40(32)34-7-6-14(39-40)12-5-4-11(24)8-13(12)25/h4-5,8,10,14-15,17,20H,3,6-7,9H2,1-2H3,(H2,26,28,29)/t14-,15-,17-,20-,23-,40+/m1/s1. The van der Waals surface area contributed by atoms with Crippen molar-refractivity contribution in [1.29, 1.82) is 0 Å². The molecule has 3 aromatic rings. The van der Waals surface area contributed by atoms with Gasteiger partial charge in [-0.3, -0.25) is 18.1 Å². The number of benzene rings is 1. The lowest BCUT2D eigenvalue weighted by Gasteiger charge is -2.30. The third-order valence-corrected chi connectivity index (χ3v) is 8.23. The summed E-state index contributed by atoms with van der Waals surface area (Å²) in [5.41, 5.74) is 5.05. The predicted molar refractivity (Wildman–Crippen MR) is 129 cm³/mol. The number of nitrogens with zero attached hydrogens (tertiary/aromatic N) is 4. The van der Waals surface area contributed by atoms with Gasteiger partial charge in [-0.1, -0.05) is 6.07 Å². The fraction of sp³-hybridized carbons (Fsp3) is 0.478. The monoisotopic (exact) mass is 583 g/mol. The van der Waals surface area contributed by atoms with E-state index in [2.05, 4.69) is 15.0 Å². The maximum atomic E-state index is 14.3. The zero-order valence-electron chi connectivity index (χ0n) is 21.2. The smallest absolute Gasteiger partial charge is 0.476 e. The van der Waals surface area contributed by atoms with Gasteiger partial charge < -0.3 is 24.7 Å². The summed E-state index contributed by atoms with van der Waals surface area (Å²) >= 11 is 0. The van der Waals surface area contributed by atoms with Crippen LogP contribution >= 0.6 is 7.82 Å². The van der Waals surface area contributed by atoms with Crippen LogP contribution in [-0.4, -0.2) is 63.3 Å². The molecule has 0 aliphatic carbocycles. The number of nitrogen functional groups attached to an aromatic ring is 1. The van der Waals surface area contributed by atoms with Crippen molar-refractivity contribution in [3.63, 3.8) is 0 Å². The molecule has 6 rings (SSSR count). The van der Waals surface area contributed by atoms with E-state index in [1.165, 1.54) is 17.0 Å². The quantitative estimate of drug-likeness (QED) is 0.317. The molecule has 17 heteroatoms. The number of fused-ring (bicyclic) bond motifs is 2. The third kappa shape index (κ3) is 4.55. The van der Waals surface area contributed by atoms with Crippen molar-refractivity contribution in [3.8, 4) is 5.88 Å². The van der Waals surface area contributed by atoms with Gasteiger partial charge in [-0.05, 0) is 19.9 Å². The fourth-order valence-corrected chi connectivity index (χ4v) is 6.38. The highest BCUT2D eigenvalue weighted by molar-refractivity contribution is 7.48. The van der Waals surface area contributed by atoms with Crippen molar-refractivity contribution >= 4 is 31.1 Å². The van der Waals surface area contributed by atoms with Gasteiger partial charge in [0.25, 0.3) is 0 Å². The predicted octanol–water partition coefficient (Wildman–Crippen LogP) is 3.58. The van der Waals surface area contributed by atoms with Gasteiger partial charge in [-0.25, -0.2) is 23.1 Å². The number of phosphoric ester groups is 1. The molecule has 3 fully saturated rings. The molecule has 214 valence electrons. The van der Waals surface area contributed by atoms with Crippen LogP contribution < -0.4 is 10.5 Å². The summed E-state index contributed by atoms with van der Waals surface area (Å²) in [4.78, 5) is 24.8. The number of phosphoric acid groups is 1. The summed E-state index contributed by atoms with van der Waals surface area (Å²) < 4.78 is 81.3. The van der Waals surface area contributed by atoms with Crippen LogP contribution in [0.5, 0.6) is 5.88 Å². The molecule has 0 unspecified atom stereocenters. The Kier molecular flexibility index (Phi) is 6.62. The van der Waals surface area contributed by atoms with Gasteiger partial charge in [0, 0.05) is 18.1 Å². The van der Waals surface area contributed by atoms with Gasteiger partial charge in [0.1, 0.15) is 17.7 Å². The average Bonchev–Trinajstić information content (AvgIpc) is 3.52. The van der Waals surface area contributed by atoms with Crippen LogP contribution in [0.15, 0.2) is 24.5 Å². The molecule has 2 aromatic heterocycles. The number of halogens is 2. The average molecular weight is 583 g/mol. The topological polar surface area (TPSA) is 168 Å². The molecule has 0 amide bonds. The van der Waals surface area contributed by atoms with Gasteiger partial charge in [0.05, 0.1) is 32.3 Å². The minimum atomic E-state index is -4.23. The number of ether oxygens (including phenoxy) is 4. The highest BCUT2D eigenvalue weighted by atomic mass is 31.2. The fourth-order valence-electron chi connectivity index (χ4n) is 4.99. The summed E-state index contributed by atoms with van der Waals surface area (Å²) in [5.74, 6) is -1.52. The Morgan fingerprint density at radius 1 is 1.30 bits per heavy atom. The molecule has 6 atom stereocenters. The van der Waals surface area contributed by atoms with Crippen molar-refractivity contribution in [2.45, 2.75) is 50.4 Å². The summed E-state index contributed by atoms with van der Waals surface area (Å²) in [6.45, 7) is 3.18. The van der Waals surface area contributed by atoms with Crippen molar-refractivity contribution in [3.05, 3.63) is 41.7 Å². The zero-order chi connectivity index (χ0) is 28.2. The first-order chi connectivity index (χ1) is 19.1. The molecule has 0 radical (unpaired) electrons. The maximum Gasteiger partial charge on any atom is 0.509 e. The molecule has 2 N–H and O–H groups in total. The van der Waals surface area contributed by atoms with Crippen LogP contribution in [0.1, 0.15) is 38.2 Å². The Bertz CT molecular complexity index is 1530. The van der Waals surface area contributed by atoms with E-state index in [4.69, 9.17) is 38.3 Å². The Morgan fingerprint density at radius 2 is 2.12 bits per heavy atom. The van der Waals surface area contributed by atoms with Gasteiger partial charge in [0.2, 0.25) is 11.8 Å². The Hall–Kier alpha value is -3.43. The first kappa shape index (κ1) is 26.8. The lowest BCUT2D eigenvalue weighted by atomic mass is 9.96. The van der Waals surface area contributed by atoms with Gasteiger partial charge in [0.15, 0.2) is 29.1 Å². The maximum absolute atomic E-state index is 14.3. The van der Waals surface area contributed by atoms with Crippen LogP contribution in [0.4, 0.5) is 19.5 Å². The van der Waals surface area contributed by atoms with Crippen molar-refractivity contribution in [1.82, 2.24) is 19.5 Å². The minimum absolute atomic E-state index is 0.0103. The second-order valence-corrected chi connectivity index (χ2v) is 11.0. The largest absolute Gasteiger partial charge is 0.509 e. The molecule has 0 saturated carbocycles. The van der Waals surface area contributed by atoms with E-state index in [1.54, 1.807) is 13.8 Å². The molecule has 3 aliphatic rings. The molecule has 0 bridgehead atoms. The lowest BCUT2D eigenvalue weighted by Crippen LogP contribution is -2.42. The van der Waals surface area contributed by atoms with Crippen LogP contribution in [0.25, 0.3) is 11.2 Å². The third-order valence-electron chi connectivity index (χ3n) is 6.76. The molecule has 5 heterocycles. The summed E-state index contributed by atoms with van der Waals surface area (Å²) in [7, 11) is -4.23. The number of hydrogen-bond donors (Lipinski definition) is 1. The van der Waals surface area contributed by atoms with E-state index >= 15 is 0 Å². The van der Waals surface area contributed by atoms with Crippen LogP contribution in [0.3, 0.4) is 0 Å². The molecule has 3 saturated heterocycles. The summed E-state index contributed by atoms with van der Waals surface area (Å²) in [6, 6.07) is 2.98. The molecule has 14 nitrogen and oxygen atoms in total. The molecule has 0 spiro atoms. The van der Waals surface area contributed by atoms with Crippen molar-refractivity contribution < 1.29 is 50.7 Å². The first-order valence-electron chi connectivity index (χ1n) is 12.3. The molecule has 3 aliphatic heterocycles. The Balaban J connectivity index is 1.24. The van der Waals surface area contributed by atoms with E-state index in [9.17, 15) is 18.1 Å². The van der Waals surface area contributed by atoms with Crippen LogP contribution in [0.2, 0.25) is 0 Å². The molecule has 1 aromatic carbocycles. The van der Waals surface area contributed by atoms with E-state index in [-0.39, 0.29) is 36.1 Å². The zero-order valence-corrected chi connectivity index (χ0v) is 22.1. The SMILES string of the molecule is CCOc1nc(N)nc2c1ncn2[C@@H]1O[C@H](CO[P@]2(=O)OCC[C@H](c3ccc(F)cc3F)O2)[C@H]2OC(=O)O[C@]21C. The highest BCUT2D eigenvalue weighted by Crippen LogP contribution is 2.58. The van der Waals surface area contributed by atoms with E-state index < -0.39 is 62.4 Å². The summed E-state index contributed by atoms with van der Waals surface area (Å²) in [6.07, 6.45) is -3.42. The Morgan fingerprint density at radius 3 is 2.90 bits per heavy atom. The number of anilines is 1. The van der Waals surface area contributed by atoms with E-state index in [1.807, 2.05) is 0 Å². The van der Waals surface area contributed by atoms with Crippen molar-refractivity contribution in [2.75, 3.05) is 25.6 Å². The number of carbonyl (C=O) groups excluding carboxylic acids is 1. The number of rotatable bonds is 7. The Labute approximate surface area is 225 Å². The van der Waals surface area contributed by atoms with Crippen LogP contribution in [-0.2, 0) is 32.3 Å². The summed E-state index contributed by atoms with van der Waals surface area (Å²) in [5, 5.41) is 0. The number of nitrogens with two attached hydrogens (primary N) is 1. The van der Waals surface area contributed by atoms with Gasteiger partial charge in [-0.2, -0.15) is 9.97 Å². The number of imidazole rings is 1.